The minimum absolute atomic E-state index is 0.0105. The number of nitrogens with one attached hydrogen (secondary N) is 1. The predicted octanol–water partition coefficient (Wildman–Crippen LogP) is 4.17. The Bertz CT molecular complexity index is 1460. The topological polar surface area (TPSA) is 82.3 Å². The number of aromatic nitrogens is 2. The summed E-state index contributed by atoms with van der Waals surface area (Å²) >= 11 is 0. The molecule has 35 heavy (non-hydrogen) atoms. The number of fused-ring (bicyclic) bond motifs is 1. The van der Waals surface area contributed by atoms with Gasteiger partial charge in [0.15, 0.2) is 0 Å². The van der Waals surface area contributed by atoms with Gasteiger partial charge in [-0.1, -0.05) is 30.3 Å². The van der Waals surface area contributed by atoms with Gasteiger partial charge in [-0.25, -0.2) is 9.18 Å². The first-order chi connectivity index (χ1) is 17.0. The molecule has 0 fully saturated rings. The fraction of sp³-hybridized carbons (Fsp3) is 0.222. The summed E-state index contributed by atoms with van der Waals surface area (Å²) in [4.78, 5) is 38.5. The largest absolute Gasteiger partial charge is 0.497 e. The summed E-state index contributed by atoms with van der Waals surface area (Å²) in [6, 6.07) is 20.1. The molecule has 0 atom stereocenters. The van der Waals surface area contributed by atoms with E-state index in [1.165, 1.54) is 15.2 Å². The molecule has 7 nitrogen and oxygen atoms in total. The first-order valence-corrected chi connectivity index (χ1v) is 11.4. The van der Waals surface area contributed by atoms with Crippen molar-refractivity contribution in [1.29, 1.82) is 0 Å². The number of halogens is 1. The third kappa shape index (κ3) is 5.48. The van der Waals surface area contributed by atoms with Crippen molar-refractivity contribution in [2.24, 2.45) is 0 Å². The van der Waals surface area contributed by atoms with Crippen molar-refractivity contribution in [2.45, 2.75) is 32.4 Å². The Balaban J connectivity index is 1.48. The Hall–Kier alpha value is -4.20. The van der Waals surface area contributed by atoms with Crippen LogP contribution in [-0.2, 0) is 17.9 Å². The van der Waals surface area contributed by atoms with Gasteiger partial charge in [0.05, 0.1) is 24.6 Å². The highest BCUT2D eigenvalue weighted by atomic mass is 19.1. The van der Waals surface area contributed by atoms with Crippen molar-refractivity contribution in [3.05, 3.63) is 105 Å². The normalized spacial score (nSPS) is 10.9. The van der Waals surface area contributed by atoms with Crippen LogP contribution in [0.5, 0.6) is 5.75 Å². The van der Waals surface area contributed by atoms with Crippen molar-refractivity contribution in [3.63, 3.8) is 0 Å². The Labute approximate surface area is 201 Å². The summed E-state index contributed by atoms with van der Waals surface area (Å²) < 4.78 is 22.0. The molecule has 0 bridgehead atoms. The summed E-state index contributed by atoms with van der Waals surface area (Å²) in [5.74, 6) is 0.131. The molecule has 0 unspecified atom stereocenters. The van der Waals surface area contributed by atoms with Gasteiger partial charge < -0.3 is 10.1 Å². The van der Waals surface area contributed by atoms with E-state index in [9.17, 15) is 18.8 Å². The second-order valence-electron chi connectivity index (χ2n) is 8.17. The molecule has 1 aromatic heterocycles. The molecule has 180 valence electrons. The molecule has 0 aliphatic carbocycles. The van der Waals surface area contributed by atoms with Crippen molar-refractivity contribution >= 4 is 22.5 Å². The van der Waals surface area contributed by atoms with Gasteiger partial charge in [-0.15, -0.1) is 0 Å². The van der Waals surface area contributed by atoms with Gasteiger partial charge in [-0.2, -0.15) is 0 Å². The summed E-state index contributed by atoms with van der Waals surface area (Å²) in [6.45, 7) is 0.173. The highest BCUT2D eigenvalue weighted by Gasteiger charge is 2.14. The summed E-state index contributed by atoms with van der Waals surface area (Å²) in [6.07, 6.45) is 1.20. The Morgan fingerprint density at radius 3 is 2.37 bits per heavy atom. The van der Waals surface area contributed by atoms with E-state index in [-0.39, 0.29) is 25.4 Å². The number of anilines is 1. The molecule has 1 N–H and O–H groups in total. The molecule has 1 amide bonds. The Morgan fingerprint density at radius 1 is 0.914 bits per heavy atom. The molecular formula is C27H26FN3O4. The van der Waals surface area contributed by atoms with E-state index < -0.39 is 17.1 Å². The SMILES string of the molecule is COc1ccc(NC(=O)CCCCn2c(=O)c3ccccc3n(Cc3ccccc3F)c2=O)cc1. The van der Waals surface area contributed by atoms with Crippen LogP contribution < -0.4 is 21.3 Å². The van der Waals surface area contributed by atoms with Crippen LogP contribution in [-0.4, -0.2) is 22.2 Å². The first-order valence-electron chi connectivity index (χ1n) is 11.4. The number of hydrogen-bond donors (Lipinski definition) is 1. The van der Waals surface area contributed by atoms with Crippen LogP contribution in [0.1, 0.15) is 24.8 Å². The number of nitrogens with zero attached hydrogens (tertiary/aromatic N) is 2. The average molecular weight is 476 g/mol. The number of carbonyl (C=O) groups is 1. The van der Waals surface area contributed by atoms with Crippen LogP contribution >= 0.6 is 0 Å². The molecule has 4 rings (SSSR count). The zero-order chi connectivity index (χ0) is 24.8. The lowest BCUT2D eigenvalue weighted by molar-refractivity contribution is -0.116. The molecule has 0 saturated heterocycles. The molecule has 3 aromatic carbocycles. The molecule has 0 spiro atoms. The average Bonchev–Trinajstić information content (AvgIpc) is 2.87. The quantitative estimate of drug-likeness (QED) is 0.369. The minimum Gasteiger partial charge on any atom is -0.497 e. The molecule has 4 aromatic rings. The van der Waals surface area contributed by atoms with Gasteiger partial charge in [0.25, 0.3) is 5.56 Å². The number of rotatable bonds is 9. The van der Waals surface area contributed by atoms with Crippen LogP contribution in [0.4, 0.5) is 10.1 Å². The van der Waals surface area contributed by atoms with E-state index in [0.717, 1.165) is 0 Å². The number of unbranched alkanes of at least 4 members (excludes halogenated alkanes) is 1. The van der Waals surface area contributed by atoms with E-state index in [1.54, 1.807) is 73.8 Å². The predicted molar refractivity (Wildman–Crippen MR) is 133 cm³/mol. The van der Waals surface area contributed by atoms with Crippen molar-refractivity contribution in [3.8, 4) is 5.75 Å². The van der Waals surface area contributed by atoms with Crippen molar-refractivity contribution in [2.75, 3.05) is 12.4 Å². The fourth-order valence-electron chi connectivity index (χ4n) is 3.97. The first kappa shape index (κ1) is 23.9. The number of carbonyl (C=O) groups excluding carboxylic acids is 1. The van der Waals surface area contributed by atoms with Gasteiger partial charge in [-0.05, 0) is 55.3 Å². The number of amides is 1. The van der Waals surface area contributed by atoms with Gasteiger partial charge in [0.1, 0.15) is 11.6 Å². The van der Waals surface area contributed by atoms with Gasteiger partial charge in [-0.3, -0.25) is 18.7 Å². The third-order valence-electron chi connectivity index (χ3n) is 5.83. The lowest BCUT2D eigenvalue weighted by atomic mass is 10.2. The van der Waals surface area contributed by atoms with E-state index in [4.69, 9.17) is 4.74 Å². The van der Waals surface area contributed by atoms with Crippen LogP contribution in [0.3, 0.4) is 0 Å². The van der Waals surface area contributed by atoms with Crippen LogP contribution in [0.15, 0.2) is 82.4 Å². The third-order valence-corrected chi connectivity index (χ3v) is 5.83. The number of benzene rings is 3. The van der Waals surface area contributed by atoms with Crippen molar-refractivity contribution in [1.82, 2.24) is 9.13 Å². The molecule has 0 aliphatic heterocycles. The Kier molecular flexibility index (Phi) is 7.40. The maximum atomic E-state index is 14.3. The lowest BCUT2D eigenvalue weighted by Crippen LogP contribution is -2.40. The summed E-state index contributed by atoms with van der Waals surface area (Å²) in [5.41, 5.74) is 0.594. The van der Waals surface area contributed by atoms with E-state index >= 15 is 0 Å². The number of hydrogen-bond acceptors (Lipinski definition) is 4. The smallest absolute Gasteiger partial charge is 0.331 e. The molecule has 0 aliphatic rings. The number of para-hydroxylation sites is 1. The Morgan fingerprint density at radius 2 is 1.63 bits per heavy atom. The fourth-order valence-corrected chi connectivity index (χ4v) is 3.97. The molecule has 0 radical (unpaired) electrons. The maximum Gasteiger partial charge on any atom is 0.331 e. The van der Waals surface area contributed by atoms with Crippen LogP contribution in [0, 0.1) is 5.82 Å². The van der Waals surface area contributed by atoms with Gasteiger partial charge in [0, 0.05) is 24.2 Å². The monoisotopic (exact) mass is 475 g/mol. The molecule has 1 heterocycles. The maximum absolute atomic E-state index is 14.3. The zero-order valence-electron chi connectivity index (χ0n) is 19.4. The van der Waals surface area contributed by atoms with E-state index in [0.29, 0.717) is 40.7 Å². The van der Waals surface area contributed by atoms with E-state index in [2.05, 4.69) is 5.32 Å². The molecule has 8 heteroatoms. The van der Waals surface area contributed by atoms with Crippen molar-refractivity contribution < 1.29 is 13.9 Å². The van der Waals surface area contributed by atoms with Crippen LogP contribution in [0.25, 0.3) is 10.9 Å². The second-order valence-corrected chi connectivity index (χ2v) is 8.17. The van der Waals surface area contributed by atoms with Crippen LogP contribution in [0.2, 0.25) is 0 Å². The lowest BCUT2D eigenvalue weighted by Gasteiger charge is -2.14. The number of methoxy groups -OCH3 is 1. The summed E-state index contributed by atoms with van der Waals surface area (Å²) in [7, 11) is 1.57. The minimum atomic E-state index is -0.500. The highest BCUT2D eigenvalue weighted by molar-refractivity contribution is 5.90. The highest BCUT2D eigenvalue weighted by Crippen LogP contribution is 2.16. The van der Waals surface area contributed by atoms with Gasteiger partial charge in [0.2, 0.25) is 5.91 Å². The molecule has 0 saturated carbocycles. The van der Waals surface area contributed by atoms with E-state index in [1.807, 2.05) is 0 Å². The van der Waals surface area contributed by atoms with Gasteiger partial charge >= 0.3 is 5.69 Å². The second kappa shape index (κ2) is 10.8. The molecular weight excluding hydrogens is 449 g/mol. The number of ether oxygens (including phenoxy) is 1. The zero-order valence-corrected chi connectivity index (χ0v) is 19.4. The summed E-state index contributed by atoms with van der Waals surface area (Å²) in [5, 5.41) is 3.21. The standard InChI is InChI=1S/C27H26FN3O4/c1-35-21-15-13-20(14-16-21)29-25(32)12-6-7-17-30-26(33)22-9-3-5-11-24(22)31(27(30)34)18-19-8-2-4-10-23(19)28/h2-5,8-11,13-16H,6-7,12,17-18H2,1H3,(H,29,32).